The van der Waals surface area contributed by atoms with E-state index in [1.54, 1.807) is 12.5 Å². The second-order valence-corrected chi connectivity index (χ2v) is 4.60. The molecular formula is C15H20N4O. The van der Waals surface area contributed by atoms with Gasteiger partial charge < -0.3 is 15.6 Å². The number of urea groups is 1. The first-order chi connectivity index (χ1) is 9.84. The molecular weight excluding hydrogens is 252 g/mol. The molecule has 1 aromatic heterocycles. The van der Waals surface area contributed by atoms with E-state index < -0.39 is 0 Å². The average molecular weight is 272 g/mol. The van der Waals surface area contributed by atoms with E-state index in [-0.39, 0.29) is 6.03 Å². The molecule has 0 saturated carbocycles. The molecule has 5 heteroatoms. The van der Waals surface area contributed by atoms with Gasteiger partial charge in [-0.1, -0.05) is 30.3 Å². The van der Waals surface area contributed by atoms with E-state index in [9.17, 15) is 4.79 Å². The third kappa shape index (κ3) is 5.14. The van der Waals surface area contributed by atoms with E-state index in [2.05, 4.69) is 32.7 Å². The summed E-state index contributed by atoms with van der Waals surface area (Å²) in [6.45, 7) is 1.29. The van der Waals surface area contributed by atoms with E-state index >= 15 is 0 Å². The molecule has 0 unspecified atom stereocenters. The molecule has 0 bridgehead atoms. The lowest BCUT2D eigenvalue weighted by atomic mass is 10.1. The first kappa shape index (κ1) is 14.1. The van der Waals surface area contributed by atoms with Gasteiger partial charge in [0.05, 0.1) is 6.33 Å². The minimum absolute atomic E-state index is 0.113. The van der Waals surface area contributed by atoms with Gasteiger partial charge >= 0.3 is 6.03 Å². The third-order valence-corrected chi connectivity index (χ3v) is 3.01. The fourth-order valence-electron chi connectivity index (χ4n) is 1.93. The Hall–Kier alpha value is -2.30. The average Bonchev–Trinajstić information content (AvgIpc) is 2.98. The van der Waals surface area contributed by atoms with Crippen LogP contribution in [0, 0.1) is 0 Å². The van der Waals surface area contributed by atoms with Gasteiger partial charge in [0.25, 0.3) is 0 Å². The van der Waals surface area contributed by atoms with Crippen LogP contribution in [0.25, 0.3) is 0 Å². The summed E-state index contributed by atoms with van der Waals surface area (Å²) in [5, 5.41) is 5.68. The minimum Gasteiger partial charge on any atom is -0.348 e. The number of aromatic amines is 1. The van der Waals surface area contributed by atoms with Crippen LogP contribution in [0.5, 0.6) is 0 Å². The molecule has 1 aromatic carbocycles. The summed E-state index contributed by atoms with van der Waals surface area (Å²) >= 11 is 0. The molecule has 0 radical (unpaired) electrons. The van der Waals surface area contributed by atoms with E-state index in [0.717, 1.165) is 25.0 Å². The number of hydrogen-bond acceptors (Lipinski definition) is 2. The molecule has 2 amide bonds. The quantitative estimate of drug-likeness (QED) is 0.674. The van der Waals surface area contributed by atoms with Gasteiger partial charge in [-0.2, -0.15) is 0 Å². The number of hydrogen-bond donors (Lipinski definition) is 3. The fourth-order valence-corrected chi connectivity index (χ4v) is 1.93. The van der Waals surface area contributed by atoms with Gasteiger partial charge in [0.1, 0.15) is 0 Å². The Morgan fingerprint density at radius 3 is 2.65 bits per heavy atom. The topological polar surface area (TPSA) is 69.8 Å². The van der Waals surface area contributed by atoms with Gasteiger partial charge in [-0.15, -0.1) is 0 Å². The first-order valence-electron chi connectivity index (χ1n) is 6.87. The number of nitrogens with one attached hydrogen (secondary N) is 3. The molecule has 0 spiro atoms. The molecule has 5 nitrogen and oxygen atoms in total. The van der Waals surface area contributed by atoms with Crippen molar-refractivity contribution >= 4 is 6.03 Å². The second-order valence-electron chi connectivity index (χ2n) is 4.60. The number of H-pyrrole nitrogens is 1. The molecule has 2 rings (SSSR count). The highest BCUT2D eigenvalue weighted by Gasteiger charge is 2.00. The molecule has 0 aliphatic rings. The van der Waals surface area contributed by atoms with E-state index in [1.165, 1.54) is 5.56 Å². The number of rotatable bonds is 7. The van der Waals surface area contributed by atoms with Crippen LogP contribution in [0.4, 0.5) is 4.79 Å². The van der Waals surface area contributed by atoms with E-state index in [4.69, 9.17) is 0 Å². The molecule has 0 fully saturated rings. The van der Waals surface area contributed by atoms with Crippen LogP contribution >= 0.6 is 0 Å². The fraction of sp³-hybridized carbons (Fsp3) is 0.333. The number of amides is 2. The molecule has 3 N–H and O–H groups in total. The summed E-state index contributed by atoms with van der Waals surface area (Å²) in [6, 6.07) is 10.2. The van der Waals surface area contributed by atoms with Crippen LogP contribution in [-0.2, 0) is 12.8 Å². The highest BCUT2D eigenvalue weighted by molar-refractivity contribution is 5.73. The SMILES string of the molecule is O=C(NCCCc1ccccc1)NCCc1cnc[nH]1. The number of carbonyl (C=O) groups excluding carboxylic acids is 1. The zero-order valence-electron chi connectivity index (χ0n) is 11.4. The monoisotopic (exact) mass is 272 g/mol. The van der Waals surface area contributed by atoms with Crippen molar-refractivity contribution in [1.29, 1.82) is 0 Å². The van der Waals surface area contributed by atoms with Crippen molar-refractivity contribution in [2.24, 2.45) is 0 Å². The van der Waals surface area contributed by atoms with Gasteiger partial charge in [0.15, 0.2) is 0 Å². The normalized spacial score (nSPS) is 10.2. The van der Waals surface area contributed by atoms with E-state index in [0.29, 0.717) is 13.1 Å². The maximum absolute atomic E-state index is 11.5. The smallest absolute Gasteiger partial charge is 0.314 e. The van der Waals surface area contributed by atoms with Gasteiger partial charge in [0.2, 0.25) is 0 Å². The Morgan fingerprint density at radius 2 is 1.90 bits per heavy atom. The van der Waals surface area contributed by atoms with Crippen LogP contribution in [-0.4, -0.2) is 29.1 Å². The van der Waals surface area contributed by atoms with Crippen LogP contribution in [0.2, 0.25) is 0 Å². The minimum atomic E-state index is -0.113. The van der Waals surface area contributed by atoms with Crippen LogP contribution in [0.1, 0.15) is 17.7 Å². The summed E-state index contributed by atoms with van der Waals surface area (Å²) in [7, 11) is 0. The third-order valence-electron chi connectivity index (χ3n) is 3.01. The van der Waals surface area contributed by atoms with Crippen LogP contribution < -0.4 is 10.6 Å². The largest absolute Gasteiger partial charge is 0.348 e. The lowest BCUT2D eigenvalue weighted by Crippen LogP contribution is -2.37. The van der Waals surface area contributed by atoms with Crippen molar-refractivity contribution in [3.05, 3.63) is 54.1 Å². The number of aryl methyl sites for hydroxylation is 1. The lowest BCUT2D eigenvalue weighted by molar-refractivity contribution is 0.241. The number of carbonyl (C=O) groups is 1. The lowest BCUT2D eigenvalue weighted by Gasteiger charge is -2.07. The van der Waals surface area contributed by atoms with Gasteiger partial charge in [-0.25, -0.2) is 9.78 Å². The Kier molecular flexibility index (Phi) is 5.64. The Morgan fingerprint density at radius 1 is 1.10 bits per heavy atom. The highest BCUT2D eigenvalue weighted by atomic mass is 16.2. The molecule has 1 heterocycles. The maximum Gasteiger partial charge on any atom is 0.314 e. The van der Waals surface area contributed by atoms with Gasteiger partial charge in [0, 0.05) is 31.4 Å². The van der Waals surface area contributed by atoms with E-state index in [1.807, 2.05) is 18.2 Å². The predicted molar refractivity (Wildman–Crippen MR) is 78.5 cm³/mol. The summed E-state index contributed by atoms with van der Waals surface area (Å²) in [5.74, 6) is 0. The predicted octanol–water partition coefficient (Wildman–Crippen LogP) is 1.88. The number of aromatic nitrogens is 2. The number of imidazole rings is 1. The van der Waals surface area contributed by atoms with Gasteiger partial charge in [-0.3, -0.25) is 0 Å². The van der Waals surface area contributed by atoms with Crippen LogP contribution in [0.3, 0.4) is 0 Å². The summed E-state index contributed by atoms with van der Waals surface area (Å²) in [4.78, 5) is 18.5. The van der Waals surface area contributed by atoms with Crippen molar-refractivity contribution in [3.63, 3.8) is 0 Å². The maximum atomic E-state index is 11.5. The second kappa shape index (κ2) is 7.99. The number of nitrogens with zero attached hydrogens (tertiary/aromatic N) is 1. The van der Waals surface area contributed by atoms with Crippen molar-refractivity contribution < 1.29 is 4.79 Å². The summed E-state index contributed by atoms with van der Waals surface area (Å²) in [6.07, 6.45) is 6.09. The standard InChI is InChI=1S/C15H20N4O/c20-15(18-10-8-14-11-16-12-19-14)17-9-4-7-13-5-2-1-3-6-13/h1-3,5-6,11-12H,4,7-10H2,(H,16,19)(H2,17,18,20). The Labute approximate surface area is 118 Å². The molecule has 0 saturated heterocycles. The molecule has 0 atom stereocenters. The zero-order chi connectivity index (χ0) is 14.0. The highest BCUT2D eigenvalue weighted by Crippen LogP contribution is 2.01. The van der Waals surface area contributed by atoms with Crippen molar-refractivity contribution in [2.75, 3.05) is 13.1 Å². The summed E-state index contributed by atoms with van der Waals surface area (Å²) in [5.41, 5.74) is 2.32. The molecule has 0 aliphatic heterocycles. The Bertz CT molecular complexity index is 496. The first-order valence-corrected chi connectivity index (χ1v) is 6.87. The van der Waals surface area contributed by atoms with Crippen LogP contribution in [0.15, 0.2) is 42.9 Å². The molecule has 106 valence electrons. The van der Waals surface area contributed by atoms with Crippen molar-refractivity contribution in [3.8, 4) is 0 Å². The van der Waals surface area contributed by atoms with Gasteiger partial charge in [-0.05, 0) is 18.4 Å². The van der Waals surface area contributed by atoms with Crippen molar-refractivity contribution in [2.45, 2.75) is 19.3 Å². The Balaban J connectivity index is 1.52. The summed E-state index contributed by atoms with van der Waals surface area (Å²) < 4.78 is 0. The number of benzene rings is 1. The molecule has 20 heavy (non-hydrogen) atoms. The zero-order valence-corrected chi connectivity index (χ0v) is 11.4. The molecule has 2 aromatic rings. The molecule has 0 aliphatic carbocycles. The van der Waals surface area contributed by atoms with Crippen molar-refractivity contribution in [1.82, 2.24) is 20.6 Å².